The van der Waals surface area contributed by atoms with Crippen molar-refractivity contribution in [3.8, 4) is 0 Å². The lowest BCUT2D eigenvalue weighted by atomic mass is 9.92. The Kier molecular flexibility index (Phi) is 3.63. The van der Waals surface area contributed by atoms with E-state index in [0.717, 1.165) is 18.2 Å². The molecule has 1 saturated heterocycles. The summed E-state index contributed by atoms with van der Waals surface area (Å²) in [5, 5.41) is 0. The van der Waals surface area contributed by atoms with Crippen LogP contribution in [-0.2, 0) is 21.4 Å². The summed E-state index contributed by atoms with van der Waals surface area (Å²) in [7, 11) is 0. The summed E-state index contributed by atoms with van der Waals surface area (Å²) in [4.78, 5) is 27.0. The molecule has 4 rings (SSSR count). The standard InChI is InChI=1S/C20H16F3NO3/c1-11(2)16-18(26)27-19(12-6-4-3-5-7-12)15-10-13(20(21,22)23)8-9-14(15)17(25)24(16)19/h3-11,16H,1-2H3/t16-,19+/m0/s1. The molecule has 4 nitrogen and oxygen atoms in total. The summed E-state index contributed by atoms with van der Waals surface area (Å²) in [6, 6.07) is 10.5. The number of benzene rings is 2. The van der Waals surface area contributed by atoms with Crippen LogP contribution >= 0.6 is 0 Å². The smallest absolute Gasteiger partial charge is 0.416 e. The van der Waals surface area contributed by atoms with E-state index in [1.807, 2.05) is 0 Å². The molecule has 2 aliphatic heterocycles. The maximum Gasteiger partial charge on any atom is 0.416 e. The third kappa shape index (κ3) is 2.30. The fourth-order valence-electron chi connectivity index (χ4n) is 3.92. The molecule has 0 aliphatic carbocycles. The number of halogens is 3. The van der Waals surface area contributed by atoms with Crippen molar-refractivity contribution in [3.63, 3.8) is 0 Å². The lowest BCUT2D eigenvalue weighted by molar-refractivity contribution is -0.149. The van der Waals surface area contributed by atoms with Gasteiger partial charge in [-0.3, -0.25) is 9.69 Å². The van der Waals surface area contributed by atoms with Crippen LogP contribution in [0.4, 0.5) is 13.2 Å². The molecule has 7 heteroatoms. The normalized spacial score (nSPS) is 24.2. The first kappa shape index (κ1) is 17.6. The minimum Gasteiger partial charge on any atom is -0.428 e. The Bertz CT molecular complexity index is 939. The first-order chi connectivity index (χ1) is 12.7. The minimum absolute atomic E-state index is 0.0463. The second kappa shape index (κ2) is 5.58. The molecule has 2 heterocycles. The topological polar surface area (TPSA) is 46.6 Å². The molecule has 2 aromatic rings. The van der Waals surface area contributed by atoms with Crippen molar-refractivity contribution in [3.05, 3.63) is 70.8 Å². The van der Waals surface area contributed by atoms with Gasteiger partial charge in [0.05, 0.1) is 5.56 Å². The van der Waals surface area contributed by atoms with Crippen molar-refractivity contribution in [2.24, 2.45) is 5.92 Å². The number of esters is 1. The molecule has 0 spiro atoms. The summed E-state index contributed by atoms with van der Waals surface area (Å²) in [6.07, 6.45) is -4.58. The Morgan fingerprint density at radius 1 is 1.07 bits per heavy atom. The monoisotopic (exact) mass is 375 g/mol. The average Bonchev–Trinajstić information content (AvgIpc) is 3.05. The lowest BCUT2D eigenvalue weighted by Crippen LogP contribution is -2.46. The van der Waals surface area contributed by atoms with Crippen LogP contribution in [0.1, 0.15) is 40.9 Å². The van der Waals surface area contributed by atoms with Gasteiger partial charge in [0.1, 0.15) is 6.04 Å². The van der Waals surface area contributed by atoms with Gasteiger partial charge in [-0.05, 0) is 24.1 Å². The molecule has 0 N–H and O–H groups in total. The molecule has 2 aromatic carbocycles. The predicted octanol–water partition coefficient (Wildman–Crippen LogP) is 3.94. The second-order valence-electron chi connectivity index (χ2n) is 7.05. The second-order valence-corrected chi connectivity index (χ2v) is 7.05. The van der Waals surface area contributed by atoms with Gasteiger partial charge in [0.2, 0.25) is 5.72 Å². The summed E-state index contributed by atoms with van der Waals surface area (Å²) in [6.45, 7) is 3.54. The molecule has 27 heavy (non-hydrogen) atoms. The minimum atomic E-state index is -4.58. The summed E-state index contributed by atoms with van der Waals surface area (Å²) >= 11 is 0. The molecule has 1 fully saturated rings. The van der Waals surface area contributed by atoms with Gasteiger partial charge in [-0.25, -0.2) is 4.79 Å². The molecule has 0 bridgehead atoms. The van der Waals surface area contributed by atoms with E-state index < -0.39 is 35.4 Å². The SMILES string of the molecule is CC(C)[C@H]1C(=O)O[C@]2(c3ccccc3)c3cc(C(F)(F)F)ccc3C(=O)N12. The number of fused-ring (bicyclic) bond motifs is 3. The van der Waals surface area contributed by atoms with Crippen molar-refractivity contribution in [2.75, 3.05) is 0 Å². The van der Waals surface area contributed by atoms with E-state index in [1.54, 1.807) is 44.2 Å². The third-order valence-corrected chi connectivity index (χ3v) is 5.06. The Morgan fingerprint density at radius 2 is 1.74 bits per heavy atom. The summed E-state index contributed by atoms with van der Waals surface area (Å²) in [5.41, 5.74) is -1.97. The van der Waals surface area contributed by atoms with Crippen LogP contribution in [0.25, 0.3) is 0 Å². The van der Waals surface area contributed by atoms with Crippen LogP contribution < -0.4 is 0 Å². The number of amides is 1. The molecular formula is C20H16F3NO3. The van der Waals surface area contributed by atoms with Gasteiger partial charge in [0.25, 0.3) is 5.91 Å². The van der Waals surface area contributed by atoms with E-state index in [1.165, 1.54) is 4.90 Å². The van der Waals surface area contributed by atoms with Crippen molar-refractivity contribution in [1.29, 1.82) is 0 Å². The van der Waals surface area contributed by atoms with Crippen LogP contribution in [0, 0.1) is 5.92 Å². The van der Waals surface area contributed by atoms with E-state index in [2.05, 4.69) is 0 Å². The van der Waals surface area contributed by atoms with Crippen LogP contribution in [0.2, 0.25) is 0 Å². The Balaban J connectivity index is 2.03. The van der Waals surface area contributed by atoms with Gasteiger partial charge in [-0.2, -0.15) is 13.2 Å². The number of nitrogens with zero attached hydrogens (tertiary/aromatic N) is 1. The zero-order valence-electron chi connectivity index (χ0n) is 14.6. The highest BCUT2D eigenvalue weighted by Gasteiger charge is 2.64. The molecule has 0 unspecified atom stereocenters. The number of rotatable bonds is 2. The Labute approximate surface area is 153 Å². The zero-order valence-corrected chi connectivity index (χ0v) is 14.6. The molecule has 0 saturated carbocycles. The van der Waals surface area contributed by atoms with Gasteiger partial charge in [-0.15, -0.1) is 0 Å². The maximum absolute atomic E-state index is 13.3. The number of hydrogen-bond acceptors (Lipinski definition) is 3. The van der Waals surface area contributed by atoms with Gasteiger partial charge >= 0.3 is 12.1 Å². The number of carbonyl (C=O) groups is 2. The summed E-state index contributed by atoms with van der Waals surface area (Å²) in [5.74, 6) is -1.39. The van der Waals surface area contributed by atoms with Gasteiger partial charge < -0.3 is 4.74 Å². The van der Waals surface area contributed by atoms with Crippen molar-refractivity contribution in [1.82, 2.24) is 4.90 Å². The average molecular weight is 375 g/mol. The fraction of sp³-hybridized carbons (Fsp3) is 0.300. The van der Waals surface area contributed by atoms with Crippen LogP contribution in [0.15, 0.2) is 48.5 Å². The van der Waals surface area contributed by atoms with E-state index in [4.69, 9.17) is 4.74 Å². The molecule has 2 atom stereocenters. The van der Waals surface area contributed by atoms with Crippen LogP contribution in [0.5, 0.6) is 0 Å². The van der Waals surface area contributed by atoms with Crippen molar-refractivity contribution < 1.29 is 27.5 Å². The van der Waals surface area contributed by atoms with Gasteiger partial charge in [0.15, 0.2) is 0 Å². The van der Waals surface area contributed by atoms with Crippen molar-refractivity contribution in [2.45, 2.75) is 31.8 Å². The van der Waals surface area contributed by atoms with Gasteiger partial charge in [0, 0.05) is 16.7 Å². The molecule has 0 aromatic heterocycles. The highest BCUT2D eigenvalue weighted by molar-refractivity contribution is 6.04. The van der Waals surface area contributed by atoms with E-state index >= 15 is 0 Å². The highest BCUT2D eigenvalue weighted by Crippen LogP contribution is 2.52. The first-order valence-electron chi connectivity index (χ1n) is 8.51. The number of alkyl halides is 3. The van der Waals surface area contributed by atoms with E-state index in [9.17, 15) is 22.8 Å². The number of carbonyl (C=O) groups excluding carboxylic acids is 2. The molecule has 2 aliphatic rings. The van der Waals surface area contributed by atoms with E-state index in [0.29, 0.717) is 5.56 Å². The third-order valence-electron chi connectivity index (χ3n) is 5.06. The van der Waals surface area contributed by atoms with Gasteiger partial charge in [-0.1, -0.05) is 44.2 Å². The van der Waals surface area contributed by atoms with E-state index in [-0.39, 0.29) is 17.0 Å². The largest absolute Gasteiger partial charge is 0.428 e. The predicted molar refractivity (Wildman–Crippen MR) is 89.6 cm³/mol. The van der Waals surface area contributed by atoms with Crippen molar-refractivity contribution >= 4 is 11.9 Å². The fourth-order valence-corrected chi connectivity index (χ4v) is 3.92. The zero-order chi connectivity index (χ0) is 19.6. The quantitative estimate of drug-likeness (QED) is 0.747. The number of ether oxygens (including phenoxy) is 1. The molecular weight excluding hydrogens is 359 g/mol. The maximum atomic E-state index is 13.3. The van der Waals surface area contributed by atoms with Crippen LogP contribution in [-0.4, -0.2) is 22.8 Å². The molecule has 1 amide bonds. The molecule has 140 valence electrons. The first-order valence-corrected chi connectivity index (χ1v) is 8.51. The molecule has 0 radical (unpaired) electrons. The lowest BCUT2D eigenvalue weighted by Gasteiger charge is -2.33. The number of hydrogen-bond donors (Lipinski definition) is 0. The summed E-state index contributed by atoms with van der Waals surface area (Å²) < 4.78 is 45.6. The highest BCUT2D eigenvalue weighted by atomic mass is 19.4. The Morgan fingerprint density at radius 3 is 2.33 bits per heavy atom. The Hall–Kier alpha value is -2.83. The van der Waals surface area contributed by atoms with Crippen LogP contribution in [0.3, 0.4) is 0 Å².